The number of non-ortho nitro benzene ring substituents is 1. The molecular formula is C19H19NO5. The first kappa shape index (κ1) is 18.2. The van der Waals surface area contributed by atoms with Crippen LogP contribution in [0.2, 0.25) is 0 Å². The highest BCUT2D eigenvalue weighted by atomic mass is 16.6. The smallest absolute Gasteiger partial charge is 0.307 e. The fraction of sp³-hybridized carbons (Fsp3) is 0.211. The average molecular weight is 341 g/mol. The van der Waals surface area contributed by atoms with Gasteiger partial charge < -0.3 is 10.2 Å². The monoisotopic (exact) mass is 341 g/mol. The SMILES string of the molecule is CC(C/C=C\c1cc([N+](=O)[O-])ccc1O)c1cccc(CC(=O)O)c1. The molecule has 6 heteroatoms. The van der Waals surface area contributed by atoms with E-state index in [4.69, 9.17) is 5.11 Å². The molecule has 1 atom stereocenters. The maximum Gasteiger partial charge on any atom is 0.307 e. The highest BCUT2D eigenvalue weighted by Gasteiger charge is 2.09. The summed E-state index contributed by atoms with van der Waals surface area (Å²) in [7, 11) is 0. The van der Waals surface area contributed by atoms with E-state index in [0.717, 1.165) is 11.1 Å². The lowest BCUT2D eigenvalue weighted by Crippen LogP contribution is -2.01. The Balaban J connectivity index is 2.08. The van der Waals surface area contributed by atoms with Crippen LogP contribution >= 0.6 is 0 Å². The van der Waals surface area contributed by atoms with Gasteiger partial charge >= 0.3 is 5.97 Å². The van der Waals surface area contributed by atoms with Crippen molar-refractivity contribution in [3.05, 3.63) is 75.3 Å². The first-order valence-electron chi connectivity index (χ1n) is 7.81. The number of nitrogens with zero attached hydrogens (tertiary/aromatic N) is 1. The number of hydrogen-bond donors (Lipinski definition) is 2. The van der Waals surface area contributed by atoms with Gasteiger partial charge in [0, 0.05) is 17.7 Å². The van der Waals surface area contributed by atoms with Crippen LogP contribution in [0.3, 0.4) is 0 Å². The molecule has 2 N–H and O–H groups in total. The number of benzene rings is 2. The van der Waals surface area contributed by atoms with Crippen molar-refractivity contribution in [1.82, 2.24) is 0 Å². The van der Waals surface area contributed by atoms with Gasteiger partial charge in [0.05, 0.1) is 11.3 Å². The minimum atomic E-state index is -0.870. The molecule has 0 saturated heterocycles. The summed E-state index contributed by atoms with van der Waals surface area (Å²) in [5.41, 5.74) is 2.08. The summed E-state index contributed by atoms with van der Waals surface area (Å²) in [4.78, 5) is 21.1. The van der Waals surface area contributed by atoms with Gasteiger partial charge in [0.25, 0.3) is 5.69 Å². The first-order chi connectivity index (χ1) is 11.9. The topological polar surface area (TPSA) is 101 Å². The van der Waals surface area contributed by atoms with E-state index in [1.807, 2.05) is 31.2 Å². The van der Waals surface area contributed by atoms with Crippen LogP contribution in [0, 0.1) is 10.1 Å². The number of carbonyl (C=O) groups is 1. The molecule has 0 fully saturated rings. The fourth-order valence-electron chi connectivity index (χ4n) is 2.51. The lowest BCUT2D eigenvalue weighted by molar-refractivity contribution is -0.384. The number of phenols is 1. The summed E-state index contributed by atoms with van der Waals surface area (Å²) in [5, 5.41) is 29.5. The molecule has 0 heterocycles. The molecule has 0 amide bonds. The summed E-state index contributed by atoms with van der Waals surface area (Å²) in [6.07, 6.45) is 4.13. The molecule has 0 bridgehead atoms. The fourth-order valence-corrected chi connectivity index (χ4v) is 2.51. The minimum absolute atomic E-state index is 0.0158. The number of aliphatic carboxylic acids is 1. The minimum Gasteiger partial charge on any atom is -0.507 e. The zero-order chi connectivity index (χ0) is 18.4. The summed E-state index contributed by atoms with van der Waals surface area (Å²) >= 11 is 0. The van der Waals surface area contributed by atoms with E-state index in [9.17, 15) is 20.0 Å². The van der Waals surface area contributed by atoms with Gasteiger partial charge in [0.1, 0.15) is 5.75 Å². The van der Waals surface area contributed by atoms with Crippen LogP contribution in [0.25, 0.3) is 6.08 Å². The van der Waals surface area contributed by atoms with Crippen molar-refractivity contribution in [1.29, 1.82) is 0 Å². The van der Waals surface area contributed by atoms with Crippen LogP contribution in [0.4, 0.5) is 5.69 Å². The van der Waals surface area contributed by atoms with E-state index in [0.29, 0.717) is 12.0 Å². The number of phenolic OH excluding ortho intramolecular Hbond substituents is 1. The van der Waals surface area contributed by atoms with Crippen LogP contribution in [-0.2, 0) is 11.2 Å². The van der Waals surface area contributed by atoms with E-state index in [-0.39, 0.29) is 23.8 Å². The van der Waals surface area contributed by atoms with Crippen molar-refractivity contribution in [3.8, 4) is 5.75 Å². The molecule has 2 aromatic rings. The van der Waals surface area contributed by atoms with Gasteiger partial charge in [-0.25, -0.2) is 0 Å². The van der Waals surface area contributed by atoms with Crippen molar-refractivity contribution < 1.29 is 19.9 Å². The Kier molecular flexibility index (Phi) is 5.89. The predicted octanol–water partition coefficient (Wildman–Crippen LogP) is 4.13. The van der Waals surface area contributed by atoms with Crippen molar-refractivity contribution in [2.45, 2.75) is 25.7 Å². The Labute approximate surface area is 145 Å². The third kappa shape index (κ3) is 5.17. The maximum atomic E-state index is 10.8. The molecule has 0 spiro atoms. The van der Waals surface area contributed by atoms with Gasteiger partial charge in [-0.1, -0.05) is 43.3 Å². The second-order valence-electron chi connectivity index (χ2n) is 5.85. The van der Waals surface area contributed by atoms with Gasteiger partial charge in [0.15, 0.2) is 0 Å². The second kappa shape index (κ2) is 8.10. The third-order valence-electron chi connectivity index (χ3n) is 3.88. The number of aromatic hydroxyl groups is 1. The Hall–Kier alpha value is -3.15. The van der Waals surface area contributed by atoms with E-state index < -0.39 is 10.9 Å². The van der Waals surface area contributed by atoms with Crippen molar-refractivity contribution in [3.63, 3.8) is 0 Å². The molecule has 1 unspecified atom stereocenters. The number of nitro benzene ring substituents is 1. The van der Waals surface area contributed by atoms with Crippen LogP contribution in [0.5, 0.6) is 5.75 Å². The van der Waals surface area contributed by atoms with Gasteiger partial charge in [-0.15, -0.1) is 0 Å². The normalized spacial score (nSPS) is 12.2. The molecule has 130 valence electrons. The average Bonchev–Trinajstić information content (AvgIpc) is 2.55. The molecule has 0 aliphatic heterocycles. The lowest BCUT2D eigenvalue weighted by atomic mass is 9.95. The van der Waals surface area contributed by atoms with E-state index in [1.54, 1.807) is 12.1 Å². The Bertz CT molecular complexity index is 813. The molecule has 0 aliphatic carbocycles. The molecule has 0 aromatic heterocycles. The summed E-state index contributed by atoms with van der Waals surface area (Å²) in [6.45, 7) is 2.01. The zero-order valence-electron chi connectivity index (χ0n) is 13.8. The molecule has 25 heavy (non-hydrogen) atoms. The Morgan fingerprint density at radius 2 is 2.04 bits per heavy atom. The number of hydrogen-bond acceptors (Lipinski definition) is 4. The Morgan fingerprint density at radius 3 is 2.72 bits per heavy atom. The predicted molar refractivity (Wildman–Crippen MR) is 94.6 cm³/mol. The number of allylic oxidation sites excluding steroid dienone is 1. The molecule has 0 aliphatic rings. The van der Waals surface area contributed by atoms with E-state index in [1.165, 1.54) is 18.2 Å². The van der Waals surface area contributed by atoms with Gasteiger partial charge in [-0.05, 0) is 29.5 Å². The van der Waals surface area contributed by atoms with Crippen molar-refractivity contribution in [2.75, 3.05) is 0 Å². The third-order valence-corrected chi connectivity index (χ3v) is 3.88. The van der Waals surface area contributed by atoms with Crippen molar-refractivity contribution >= 4 is 17.7 Å². The Morgan fingerprint density at radius 1 is 1.28 bits per heavy atom. The quantitative estimate of drug-likeness (QED) is 0.582. The maximum absolute atomic E-state index is 10.8. The number of nitro groups is 1. The van der Waals surface area contributed by atoms with Crippen LogP contribution in [0.15, 0.2) is 48.5 Å². The van der Waals surface area contributed by atoms with E-state index in [2.05, 4.69) is 0 Å². The number of carboxylic acid groups (broad SMARTS) is 1. The van der Waals surface area contributed by atoms with Crippen molar-refractivity contribution in [2.24, 2.45) is 0 Å². The highest BCUT2D eigenvalue weighted by Crippen LogP contribution is 2.26. The summed E-state index contributed by atoms with van der Waals surface area (Å²) < 4.78 is 0. The standard InChI is InChI=1S/C19H19NO5/c1-13(15-6-3-5-14(10-15)11-19(22)23)4-2-7-16-12-17(20(24)25)8-9-18(16)21/h2-3,5-10,12-13,21H,4,11H2,1H3,(H,22,23)/b7-2-. The van der Waals surface area contributed by atoms with Crippen LogP contribution in [-0.4, -0.2) is 21.1 Å². The molecule has 2 aromatic carbocycles. The first-order valence-corrected chi connectivity index (χ1v) is 7.81. The molecule has 2 rings (SSSR count). The van der Waals surface area contributed by atoms with E-state index >= 15 is 0 Å². The summed E-state index contributed by atoms with van der Waals surface area (Å²) in [5.74, 6) is -0.741. The van der Waals surface area contributed by atoms with Gasteiger partial charge in [-0.2, -0.15) is 0 Å². The highest BCUT2D eigenvalue weighted by molar-refractivity contribution is 5.70. The zero-order valence-corrected chi connectivity index (χ0v) is 13.8. The lowest BCUT2D eigenvalue weighted by Gasteiger charge is -2.10. The molecule has 0 radical (unpaired) electrons. The molecular weight excluding hydrogens is 322 g/mol. The van der Waals surface area contributed by atoms with Gasteiger partial charge in [-0.3, -0.25) is 14.9 Å². The number of carboxylic acids is 1. The largest absolute Gasteiger partial charge is 0.507 e. The number of rotatable bonds is 7. The van der Waals surface area contributed by atoms with Crippen LogP contribution in [0.1, 0.15) is 36.0 Å². The summed E-state index contributed by atoms with van der Waals surface area (Å²) in [6, 6.07) is 11.3. The molecule has 0 saturated carbocycles. The van der Waals surface area contributed by atoms with Gasteiger partial charge in [0.2, 0.25) is 0 Å². The van der Waals surface area contributed by atoms with Crippen LogP contribution < -0.4 is 0 Å². The molecule has 6 nitrogen and oxygen atoms in total. The second-order valence-corrected chi connectivity index (χ2v) is 5.85.